The molecule has 0 amide bonds. The molecule has 1 saturated heterocycles. The zero-order valence-corrected chi connectivity index (χ0v) is 20.8. The molecule has 5 heteroatoms. The lowest BCUT2D eigenvalue weighted by Crippen LogP contribution is -2.49. The number of epoxide rings is 1. The average molecular weight is 465 g/mol. The number of ether oxygens (including phenoxy) is 2. The van der Waals surface area contributed by atoms with Gasteiger partial charge in [-0.05, 0) is 73.5 Å². The summed E-state index contributed by atoms with van der Waals surface area (Å²) in [6.45, 7) is 10.3. The van der Waals surface area contributed by atoms with E-state index in [9.17, 15) is 14.7 Å². The van der Waals surface area contributed by atoms with Gasteiger partial charge in [-0.1, -0.05) is 57.2 Å². The summed E-state index contributed by atoms with van der Waals surface area (Å²) in [4.78, 5) is 26.4. The van der Waals surface area contributed by atoms with Gasteiger partial charge in [0.15, 0.2) is 5.78 Å². The predicted octanol–water partition coefficient (Wildman–Crippen LogP) is 4.74. The number of fused-ring (bicyclic) bond motifs is 4. The Balaban J connectivity index is 1.43. The summed E-state index contributed by atoms with van der Waals surface area (Å²) in [7, 11) is 0. The largest absolute Gasteiger partial charge is 0.458 e. The van der Waals surface area contributed by atoms with Crippen molar-refractivity contribution in [2.45, 2.75) is 77.3 Å². The number of carbonyl (C=O) groups is 2. The maximum absolute atomic E-state index is 13.7. The van der Waals surface area contributed by atoms with E-state index in [0.717, 1.165) is 18.4 Å². The fourth-order valence-corrected chi connectivity index (χ4v) is 6.83. The Labute approximate surface area is 202 Å². The first-order chi connectivity index (χ1) is 16.0. The Morgan fingerprint density at radius 3 is 2.62 bits per heavy atom. The molecule has 5 nitrogen and oxygen atoms in total. The van der Waals surface area contributed by atoms with E-state index < -0.39 is 29.2 Å². The van der Waals surface area contributed by atoms with Crippen LogP contribution in [0.1, 0.15) is 59.4 Å². The quantitative estimate of drug-likeness (QED) is 0.397. The van der Waals surface area contributed by atoms with Crippen molar-refractivity contribution in [2.75, 3.05) is 0 Å². The van der Waals surface area contributed by atoms with Crippen molar-refractivity contribution in [3.05, 3.63) is 53.6 Å². The summed E-state index contributed by atoms with van der Waals surface area (Å²) < 4.78 is 12.2. The monoisotopic (exact) mass is 464 g/mol. The standard InChI is InChI=1S/C29H36O5/c1-17-15-21-20(27(21,3)4)13-14-28(5)26(34-28)23-24(18(2)16-29(23,32)25(17)31)33-22(30)12-11-19-9-7-6-8-10-19/h6-12,15,18,20-21,23-24,26,32H,13-14,16H2,1-5H3/b12-11+,17-15+/t18-,20-,21+,23+,24-,26+,28+,29+/m0/s1. The Hall–Kier alpha value is -2.24. The lowest BCUT2D eigenvalue weighted by Gasteiger charge is -2.31. The second-order valence-electron chi connectivity index (χ2n) is 11.8. The molecular weight excluding hydrogens is 428 g/mol. The molecule has 4 aliphatic rings. The molecule has 1 heterocycles. The van der Waals surface area contributed by atoms with Crippen LogP contribution in [0, 0.1) is 29.1 Å². The van der Waals surface area contributed by atoms with Crippen LogP contribution in [0.4, 0.5) is 0 Å². The van der Waals surface area contributed by atoms with Crippen LogP contribution in [0.3, 0.4) is 0 Å². The van der Waals surface area contributed by atoms with Crippen molar-refractivity contribution in [3.8, 4) is 0 Å². The lowest BCUT2D eigenvalue weighted by molar-refractivity contribution is -0.153. The van der Waals surface area contributed by atoms with Gasteiger partial charge in [-0.25, -0.2) is 4.79 Å². The van der Waals surface area contributed by atoms with Gasteiger partial charge in [0.1, 0.15) is 11.7 Å². The zero-order chi connectivity index (χ0) is 24.5. The van der Waals surface area contributed by atoms with Gasteiger partial charge >= 0.3 is 5.97 Å². The Kier molecular flexibility index (Phi) is 5.45. The van der Waals surface area contributed by atoms with Gasteiger partial charge in [0.05, 0.1) is 17.6 Å². The third-order valence-electron chi connectivity index (χ3n) is 9.10. The number of hydrogen-bond donors (Lipinski definition) is 1. The first kappa shape index (κ1) is 23.5. The van der Waals surface area contributed by atoms with Gasteiger partial charge in [0.25, 0.3) is 0 Å². The molecular formula is C29H36O5. The van der Waals surface area contributed by atoms with E-state index in [1.807, 2.05) is 44.2 Å². The molecule has 34 heavy (non-hydrogen) atoms. The Bertz CT molecular complexity index is 1060. The highest BCUT2D eigenvalue weighted by atomic mass is 16.6. The minimum Gasteiger partial charge on any atom is -0.458 e. The first-order valence-corrected chi connectivity index (χ1v) is 12.5. The molecule has 1 aromatic carbocycles. The van der Waals surface area contributed by atoms with Crippen molar-refractivity contribution >= 4 is 17.8 Å². The van der Waals surface area contributed by atoms with Gasteiger partial charge in [-0.3, -0.25) is 4.79 Å². The minimum atomic E-state index is -1.60. The normalized spacial score (nSPS) is 44.2. The molecule has 3 aliphatic carbocycles. The third kappa shape index (κ3) is 3.77. The molecule has 0 radical (unpaired) electrons. The molecule has 8 atom stereocenters. The number of benzene rings is 1. The van der Waals surface area contributed by atoms with E-state index in [1.165, 1.54) is 6.08 Å². The van der Waals surface area contributed by atoms with Crippen molar-refractivity contribution < 1.29 is 24.2 Å². The van der Waals surface area contributed by atoms with Crippen LogP contribution in [0.25, 0.3) is 6.08 Å². The Morgan fingerprint density at radius 2 is 1.91 bits per heavy atom. The molecule has 0 unspecified atom stereocenters. The van der Waals surface area contributed by atoms with Crippen LogP contribution < -0.4 is 0 Å². The van der Waals surface area contributed by atoms with Crippen LogP contribution in [-0.4, -0.2) is 40.3 Å². The van der Waals surface area contributed by atoms with E-state index >= 15 is 0 Å². The SMILES string of the molecule is C/C1=C\[C@@H]2[C@H](CC[C@@]3(C)O[C@@H]3[C@H]3[C@@H](OC(=O)/C=C/c4ccccc4)[C@@H](C)C[C@]3(O)C1=O)C2(C)C. The van der Waals surface area contributed by atoms with Crippen molar-refractivity contribution in [1.82, 2.24) is 0 Å². The number of Topliss-reactive ketones (excluding diaryl/α,β-unsaturated/α-hetero) is 1. The summed E-state index contributed by atoms with van der Waals surface area (Å²) in [5.74, 6) is -0.608. The number of ketones is 1. The summed E-state index contributed by atoms with van der Waals surface area (Å²) in [5, 5.41) is 11.9. The van der Waals surface area contributed by atoms with E-state index in [0.29, 0.717) is 17.4 Å². The highest BCUT2D eigenvalue weighted by Gasteiger charge is 2.70. The number of esters is 1. The van der Waals surface area contributed by atoms with Crippen LogP contribution in [-0.2, 0) is 19.1 Å². The fourth-order valence-electron chi connectivity index (χ4n) is 6.83. The van der Waals surface area contributed by atoms with E-state index in [4.69, 9.17) is 9.47 Å². The van der Waals surface area contributed by atoms with Gasteiger partial charge in [0.2, 0.25) is 0 Å². The molecule has 2 saturated carbocycles. The van der Waals surface area contributed by atoms with Crippen LogP contribution >= 0.6 is 0 Å². The topological polar surface area (TPSA) is 76.1 Å². The van der Waals surface area contributed by atoms with Crippen molar-refractivity contribution in [2.24, 2.45) is 29.1 Å². The van der Waals surface area contributed by atoms with Crippen molar-refractivity contribution in [1.29, 1.82) is 0 Å². The van der Waals surface area contributed by atoms with Crippen molar-refractivity contribution in [3.63, 3.8) is 0 Å². The number of hydrogen-bond acceptors (Lipinski definition) is 5. The van der Waals surface area contributed by atoms with Crippen LogP contribution in [0.5, 0.6) is 0 Å². The molecule has 182 valence electrons. The zero-order valence-electron chi connectivity index (χ0n) is 20.8. The molecule has 0 aromatic heterocycles. The molecule has 0 bridgehead atoms. The highest BCUT2D eigenvalue weighted by molar-refractivity contribution is 6.02. The second kappa shape index (κ2) is 7.89. The number of rotatable bonds is 3. The maximum Gasteiger partial charge on any atom is 0.331 e. The maximum atomic E-state index is 13.7. The summed E-state index contributed by atoms with van der Waals surface area (Å²) in [6, 6.07) is 9.56. The summed E-state index contributed by atoms with van der Waals surface area (Å²) in [6.07, 6.45) is 6.47. The second-order valence-corrected chi connectivity index (χ2v) is 11.8. The summed E-state index contributed by atoms with van der Waals surface area (Å²) in [5.41, 5.74) is -0.332. The van der Waals surface area contributed by atoms with Gasteiger partial charge in [-0.15, -0.1) is 0 Å². The predicted molar refractivity (Wildman–Crippen MR) is 130 cm³/mol. The van der Waals surface area contributed by atoms with Crippen LogP contribution in [0.15, 0.2) is 48.1 Å². The smallest absolute Gasteiger partial charge is 0.331 e. The van der Waals surface area contributed by atoms with E-state index in [2.05, 4.69) is 26.8 Å². The number of aliphatic hydroxyl groups is 1. The van der Waals surface area contributed by atoms with E-state index in [1.54, 1.807) is 6.08 Å². The Morgan fingerprint density at radius 1 is 1.21 bits per heavy atom. The fraction of sp³-hybridized carbons (Fsp3) is 0.586. The van der Waals surface area contributed by atoms with Gasteiger partial charge in [0, 0.05) is 6.08 Å². The molecule has 1 N–H and O–H groups in total. The van der Waals surface area contributed by atoms with E-state index in [-0.39, 0.29) is 29.6 Å². The molecule has 1 aliphatic heterocycles. The van der Waals surface area contributed by atoms with Crippen LogP contribution in [0.2, 0.25) is 0 Å². The summed E-state index contributed by atoms with van der Waals surface area (Å²) >= 11 is 0. The minimum absolute atomic E-state index is 0.162. The molecule has 5 rings (SSSR count). The number of allylic oxidation sites excluding steroid dienone is 1. The van der Waals surface area contributed by atoms with Gasteiger partial charge < -0.3 is 14.6 Å². The molecule has 0 spiro atoms. The van der Waals surface area contributed by atoms with Gasteiger partial charge in [-0.2, -0.15) is 0 Å². The average Bonchev–Trinajstić information content (AvgIpc) is 3.56. The lowest BCUT2D eigenvalue weighted by atomic mass is 9.77. The molecule has 1 aromatic rings. The number of carbonyl (C=O) groups excluding carboxylic acids is 2. The third-order valence-corrected chi connectivity index (χ3v) is 9.10. The molecule has 3 fully saturated rings. The first-order valence-electron chi connectivity index (χ1n) is 12.5. The highest BCUT2D eigenvalue weighted by Crippen LogP contribution is 2.64.